The molecule has 2 aliphatic carbocycles. The highest BCUT2D eigenvalue weighted by molar-refractivity contribution is 7.92. The van der Waals surface area contributed by atoms with Gasteiger partial charge in [0.1, 0.15) is 11.6 Å². The lowest BCUT2D eigenvalue weighted by Gasteiger charge is -2.40. The maximum atomic E-state index is 13.4. The van der Waals surface area contributed by atoms with E-state index >= 15 is 0 Å². The normalized spacial score (nSPS) is 27.8. The molecule has 2 fully saturated rings. The fourth-order valence-corrected chi connectivity index (χ4v) is 7.29. The van der Waals surface area contributed by atoms with E-state index in [-0.39, 0.29) is 33.0 Å². The van der Waals surface area contributed by atoms with Crippen LogP contribution in [-0.4, -0.2) is 30.3 Å². The second kappa shape index (κ2) is 7.83. The number of fused-ring (bicyclic) bond motifs is 2. The molecule has 166 valence electrons. The van der Waals surface area contributed by atoms with E-state index in [9.17, 15) is 27.1 Å². The Hall–Kier alpha value is -2.03. The number of rotatable bonds is 4. The minimum absolute atomic E-state index is 0.00146. The first-order valence-electron chi connectivity index (χ1n) is 10.0. The Bertz CT molecular complexity index is 1120. The highest BCUT2D eigenvalue weighted by Gasteiger charge is 2.53. The predicted molar refractivity (Wildman–Crippen MR) is 113 cm³/mol. The third-order valence-electron chi connectivity index (χ3n) is 6.67. The summed E-state index contributed by atoms with van der Waals surface area (Å²) >= 11 is 6.19. The monoisotopic (exact) mass is 469 g/mol. The standard InChI is InChI=1S/C22H22ClF2NO4S/c1-22(28)13-3-4-14(22)8-18(7-13)31(29,30)20-6-12(2-5-19(20)23)21(27)26-17-10-15(24)9-16(25)11-17/h2,5-6,9-11,13-14,18,28H,3-4,7-8H2,1H3,(H,26,27)/t13-,14?,18-,22+/m1/s1. The van der Waals surface area contributed by atoms with E-state index in [1.54, 1.807) is 6.92 Å². The Morgan fingerprint density at radius 1 is 1.10 bits per heavy atom. The summed E-state index contributed by atoms with van der Waals surface area (Å²) in [7, 11) is -3.85. The molecule has 2 aliphatic rings. The molecule has 0 aromatic heterocycles. The number of anilines is 1. The summed E-state index contributed by atoms with van der Waals surface area (Å²) in [6.45, 7) is 1.77. The van der Waals surface area contributed by atoms with Crippen molar-refractivity contribution in [3.05, 3.63) is 58.6 Å². The van der Waals surface area contributed by atoms with Crippen LogP contribution in [0.15, 0.2) is 41.3 Å². The minimum atomic E-state index is -3.85. The summed E-state index contributed by atoms with van der Waals surface area (Å²) < 4.78 is 53.5. The van der Waals surface area contributed by atoms with Gasteiger partial charge in [0, 0.05) is 17.3 Å². The van der Waals surface area contributed by atoms with Gasteiger partial charge in [0.15, 0.2) is 9.84 Å². The molecule has 2 bridgehead atoms. The van der Waals surface area contributed by atoms with Crippen LogP contribution in [0.4, 0.5) is 14.5 Å². The van der Waals surface area contributed by atoms with Gasteiger partial charge in [-0.15, -0.1) is 0 Å². The molecule has 31 heavy (non-hydrogen) atoms. The molecule has 0 spiro atoms. The molecule has 1 amide bonds. The van der Waals surface area contributed by atoms with Gasteiger partial charge in [-0.2, -0.15) is 0 Å². The molecule has 0 aliphatic heterocycles. The second-order valence-corrected chi connectivity index (χ2v) is 11.2. The molecular formula is C22H22ClF2NO4S. The van der Waals surface area contributed by atoms with Crippen molar-refractivity contribution in [3.8, 4) is 0 Å². The van der Waals surface area contributed by atoms with Gasteiger partial charge in [-0.05, 0) is 74.8 Å². The highest BCUT2D eigenvalue weighted by Crippen LogP contribution is 2.51. The zero-order valence-electron chi connectivity index (χ0n) is 16.7. The highest BCUT2D eigenvalue weighted by atomic mass is 35.5. The van der Waals surface area contributed by atoms with Gasteiger partial charge in [0.2, 0.25) is 0 Å². The average Bonchev–Trinajstić information content (AvgIpc) is 2.84. The van der Waals surface area contributed by atoms with Gasteiger partial charge in [-0.1, -0.05) is 11.6 Å². The van der Waals surface area contributed by atoms with Gasteiger partial charge >= 0.3 is 0 Å². The van der Waals surface area contributed by atoms with Gasteiger partial charge in [0.25, 0.3) is 5.91 Å². The topological polar surface area (TPSA) is 83.5 Å². The maximum Gasteiger partial charge on any atom is 0.255 e. The number of amides is 1. The fraction of sp³-hybridized carbons (Fsp3) is 0.409. The Morgan fingerprint density at radius 2 is 1.68 bits per heavy atom. The van der Waals surface area contributed by atoms with Crippen molar-refractivity contribution in [2.45, 2.75) is 48.4 Å². The quantitative estimate of drug-likeness (QED) is 0.686. The number of nitrogens with one attached hydrogen (secondary N) is 1. The second-order valence-electron chi connectivity index (χ2n) is 8.59. The SMILES string of the molecule is C[C@@]1(O)C2CC[C@@H]1C[C@@H](S(=O)(=O)c1cc(C(=O)Nc3cc(F)cc(F)c3)ccc1Cl)C2. The number of sulfone groups is 1. The van der Waals surface area contributed by atoms with E-state index in [0.29, 0.717) is 18.9 Å². The first-order chi connectivity index (χ1) is 14.5. The third-order valence-corrected chi connectivity index (χ3v) is 9.33. The minimum Gasteiger partial charge on any atom is -0.390 e. The van der Waals surface area contributed by atoms with E-state index in [1.165, 1.54) is 18.2 Å². The van der Waals surface area contributed by atoms with Gasteiger partial charge in [-0.25, -0.2) is 17.2 Å². The third kappa shape index (κ3) is 4.08. The molecule has 5 nitrogen and oxygen atoms in total. The number of carbonyl (C=O) groups is 1. The van der Waals surface area contributed by atoms with Crippen LogP contribution < -0.4 is 5.32 Å². The summed E-state index contributed by atoms with van der Waals surface area (Å²) in [5, 5.41) is 12.3. The summed E-state index contributed by atoms with van der Waals surface area (Å²) in [5.74, 6) is -2.61. The lowest BCUT2D eigenvalue weighted by molar-refractivity contribution is -0.0413. The molecule has 2 aromatic rings. The van der Waals surface area contributed by atoms with Crippen LogP contribution in [0.3, 0.4) is 0 Å². The molecule has 4 atom stereocenters. The Kier molecular flexibility index (Phi) is 5.60. The van der Waals surface area contributed by atoms with Crippen molar-refractivity contribution in [2.75, 3.05) is 5.32 Å². The van der Waals surface area contributed by atoms with Crippen LogP contribution in [0.2, 0.25) is 5.02 Å². The predicted octanol–water partition coefficient (Wildman–Crippen LogP) is 4.58. The zero-order chi connectivity index (χ0) is 22.6. The van der Waals surface area contributed by atoms with Crippen LogP contribution in [-0.2, 0) is 9.84 Å². The van der Waals surface area contributed by atoms with Crippen molar-refractivity contribution < 1.29 is 27.1 Å². The molecule has 0 saturated heterocycles. The van der Waals surface area contributed by atoms with Crippen molar-refractivity contribution in [1.29, 1.82) is 0 Å². The van der Waals surface area contributed by atoms with Crippen molar-refractivity contribution in [2.24, 2.45) is 11.8 Å². The molecule has 9 heteroatoms. The fourth-order valence-electron chi connectivity index (χ4n) is 4.89. The van der Waals surface area contributed by atoms with Gasteiger partial charge in [0.05, 0.1) is 20.8 Å². The average molecular weight is 470 g/mol. The van der Waals surface area contributed by atoms with Crippen molar-refractivity contribution in [3.63, 3.8) is 0 Å². The van der Waals surface area contributed by atoms with E-state index in [2.05, 4.69) is 5.32 Å². The van der Waals surface area contributed by atoms with E-state index in [4.69, 9.17) is 11.6 Å². The van der Waals surface area contributed by atoms with Crippen LogP contribution in [0.5, 0.6) is 0 Å². The molecule has 2 N–H and O–H groups in total. The number of hydrogen-bond acceptors (Lipinski definition) is 4. The van der Waals surface area contributed by atoms with Crippen LogP contribution in [0, 0.1) is 23.5 Å². The largest absolute Gasteiger partial charge is 0.390 e. The summed E-state index contributed by atoms with van der Waals surface area (Å²) in [4.78, 5) is 12.4. The van der Waals surface area contributed by atoms with Crippen LogP contribution in [0.25, 0.3) is 0 Å². The summed E-state index contributed by atoms with van der Waals surface area (Å²) in [5.41, 5.74) is -0.955. The number of aliphatic hydroxyl groups is 1. The smallest absolute Gasteiger partial charge is 0.255 e. The van der Waals surface area contributed by atoms with E-state index < -0.39 is 38.2 Å². The Morgan fingerprint density at radius 3 is 2.26 bits per heavy atom. The van der Waals surface area contributed by atoms with Gasteiger partial charge < -0.3 is 10.4 Å². The van der Waals surface area contributed by atoms with Crippen molar-refractivity contribution >= 4 is 33.0 Å². The van der Waals surface area contributed by atoms with Crippen molar-refractivity contribution in [1.82, 2.24) is 0 Å². The molecule has 4 rings (SSSR count). The van der Waals surface area contributed by atoms with Crippen LogP contribution >= 0.6 is 11.6 Å². The maximum absolute atomic E-state index is 13.4. The van der Waals surface area contributed by atoms with Crippen LogP contribution in [0.1, 0.15) is 43.0 Å². The zero-order valence-corrected chi connectivity index (χ0v) is 18.3. The number of hydrogen-bond donors (Lipinski definition) is 2. The Balaban J connectivity index is 1.61. The Labute approximate surface area is 184 Å². The summed E-state index contributed by atoms with van der Waals surface area (Å²) in [6.07, 6.45) is 2.23. The molecular weight excluding hydrogens is 448 g/mol. The number of carbonyl (C=O) groups excluding carboxylic acids is 1. The van der Waals surface area contributed by atoms with Gasteiger partial charge in [-0.3, -0.25) is 4.79 Å². The number of halogens is 3. The lowest BCUT2D eigenvalue weighted by atomic mass is 9.76. The van der Waals surface area contributed by atoms with E-state index in [0.717, 1.165) is 25.0 Å². The number of benzene rings is 2. The molecule has 2 saturated carbocycles. The lowest BCUT2D eigenvalue weighted by Crippen LogP contribution is -2.45. The molecule has 0 radical (unpaired) electrons. The first kappa shape index (κ1) is 22.2. The molecule has 0 heterocycles. The molecule has 1 unspecified atom stereocenters. The van der Waals surface area contributed by atoms with E-state index in [1.807, 2.05) is 0 Å². The summed E-state index contributed by atoms with van der Waals surface area (Å²) in [6, 6.07) is 6.45. The first-order valence-corrected chi connectivity index (χ1v) is 11.9. The molecule has 2 aromatic carbocycles.